The highest BCUT2D eigenvalue weighted by Crippen LogP contribution is 2.18. The Morgan fingerprint density at radius 2 is 2.15 bits per heavy atom. The molecule has 0 fully saturated rings. The summed E-state index contributed by atoms with van der Waals surface area (Å²) in [6.45, 7) is 0. The predicted molar refractivity (Wildman–Crippen MR) is 80.9 cm³/mol. The highest BCUT2D eigenvalue weighted by atomic mass is 79.9. The first-order valence-corrected chi connectivity index (χ1v) is 7.24. The number of pyridine rings is 1. The number of hydrogen-bond acceptors (Lipinski definition) is 4. The van der Waals surface area contributed by atoms with Gasteiger partial charge in [-0.15, -0.1) is 11.3 Å². The third-order valence-electron chi connectivity index (χ3n) is 2.63. The van der Waals surface area contributed by atoms with Gasteiger partial charge in [0.1, 0.15) is 15.5 Å². The summed E-state index contributed by atoms with van der Waals surface area (Å²) in [4.78, 5) is 19.3. The van der Waals surface area contributed by atoms with Crippen molar-refractivity contribution in [2.24, 2.45) is 0 Å². The largest absolute Gasteiger partial charge is 0.477 e. The first-order chi connectivity index (χ1) is 9.63. The van der Waals surface area contributed by atoms with Crippen molar-refractivity contribution < 1.29 is 9.90 Å². The zero-order valence-electron chi connectivity index (χ0n) is 10.0. The molecule has 0 saturated heterocycles. The number of rotatable bonds is 3. The lowest BCUT2D eigenvalue weighted by molar-refractivity contribution is 0.0702. The van der Waals surface area contributed by atoms with E-state index in [9.17, 15) is 4.79 Å². The van der Waals surface area contributed by atoms with Gasteiger partial charge in [0.25, 0.3) is 0 Å². The summed E-state index contributed by atoms with van der Waals surface area (Å²) in [5.74, 6) is -0.958. The molecular formula is C13H8BrN3O2S. The molecule has 0 atom stereocenters. The Balaban J connectivity index is 1.93. The lowest BCUT2D eigenvalue weighted by atomic mass is 10.4. The average molecular weight is 350 g/mol. The molecule has 100 valence electrons. The molecule has 3 heterocycles. The lowest BCUT2D eigenvalue weighted by Gasteiger charge is -1.97. The molecule has 0 saturated carbocycles. The summed E-state index contributed by atoms with van der Waals surface area (Å²) in [6.07, 6.45) is 8.67. The summed E-state index contributed by atoms with van der Waals surface area (Å²) in [5, 5.41) is 9.49. The van der Waals surface area contributed by atoms with Crippen LogP contribution in [0.25, 0.3) is 17.8 Å². The standard InChI is InChI=1S/C13H8BrN3O2S/c14-8-1-3-11-15-5-9(17(11)7-8)2-4-12-16-6-10(20-12)13(18)19/h1-7H,(H,18,19)/b4-2+. The van der Waals surface area contributed by atoms with E-state index in [0.29, 0.717) is 5.01 Å². The molecule has 0 radical (unpaired) electrons. The van der Waals surface area contributed by atoms with E-state index in [1.54, 1.807) is 12.3 Å². The maximum Gasteiger partial charge on any atom is 0.347 e. The summed E-state index contributed by atoms with van der Waals surface area (Å²) in [5.41, 5.74) is 1.74. The van der Waals surface area contributed by atoms with Crippen LogP contribution in [0.4, 0.5) is 0 Å². The van der Waals surface area contributed by atoms with Crippen molar-refractivity contribution in [2.75, 3.05) is 0 Å². The van der Waals surface area contributed by atoms with Gasteiger partial charge in [-0.2, -0.15) is 0 Å². The number of hydrogen-bond donors (Lipinski definition) is 1. The fourth-order valence-corrected chi connectivity index (χ4v) is 2.71. The highest BCUT2D eigenvalue weighted by molar-refractivity contribution is 9.10. The Kier molecular flexibility index (Phi) is 3.37. The Labute approximate surface area is 126 Å². The summed E-state index contributed by atoms with van der Waals surface area (Å²) >= 11 is 4.55. The summed E-state index contributed by atoms with van der Waals surface area (Å²) in [6, 6.07) is 3.84. The fourth-order valence-electron chi connectivity index (χ4n) is 1.72. The molecule has 0 unspecified atom stereocenters. The number of carbonyl (C=O) groups is 1. The average Bonchev–Trinajstić information content (AvgIpc) is 3.02. The van der Waals surface area contributed by atoms with Crippen molar-refractivity contribution in [3.8, 4) is 0 Å². The van der Waals surface area contributed by atoms with Crippen LogP contribution in [0.1, 0.15) is 20.4 Å². The second-order valence-electron chi connectivity index (χ2n) is 3.96. The van der Waals surface area contributed by atoms with Crippen LogP contribution in [0.2, 0.25) is 0 Å². The highest BCUT2D eigenvalue weighted by Gasteiger charge is 2.06. The van der Waals surface area contributed by atoms with Crippen LogP contribution in [-0.4, -0.2) is 25.4 Å². The fraction of sp³-hybridized carbons (Fsp3) is 0. The topological polar surface area (TPSA) is 67.5 Å². The van der Waals surface area contributed by atoms with Crippen LogP contribution in [0.5, 0.6) is 0 Å². The van der Waals surface area contributed by atoms with E-state index in [-0.39, 0.29) is 4.88 Å². The van der Waals surface area contributed by atoms with Gasteiger partial charge < -0.3 is 5.11 Å². The number of carboxylic acids is 1. The predicted octanol–water partition coefficient (Wildman–Crippen LogP) is 3.42. The molecule has 0 aliphatic rings. The van der Waals surface area contributed by atoms with Crippen molar-refractivity contribution >= 4 is 51.0 Å². The second kappa shape index (κ2) is 5.18. The molecule has 3 rings (SSSR count). The van der Waals surface area contributed by atoms with E-state index in [1.165, 1.54) is 6.20 Å². The number of aromatic nitrogens is 3. The molecule has 7 heteroatoms. The molecule has 0 aromatic carbocycles. The Hall–Kier alpha value is -1.99. The number of aromatic carboxylic acids is 1. The van der Waals surface area contributed by atoms with Crippen molar-refractivity contribution in [3.63, 3.8) is 0 Å². The van der Waals surface area contributed by atoms with E-state index < -0.39 is 5.97 Å². The Morgan fingerprint density at radius 1 is 1.30 bits per heavy atom. The van der Waals surface area contributed by atoms with E-state index in [4.69, 9.17) is 5.11 Å². The normalized spacial score (nSPS) is 11.4. The van der Waals surface area contributed by atoms with E-state index in [2.05, 4.69) is 25.9 Å². The monoisotopic (exact) mass is 349 g/mol. The number of fused-ring (bicyclic) bond motifs is 1. The number of carboxylic acid groups (broad SMARTS) is 1. The molecular weight excluding hydrogens is 342 g/mol. The maximum atomic E-state index is 10.8. The van der Waals surface area contributed by atoms with E-state index in [1.807, 2.05) is 28.8 Å². The van der Waals surface area contributed by atoms with E-state index in [0.717, 1.165) is 27.2 Å². The van der Waals surface area contributed by atoms with Gasteiger partial charge in [0, 0.05) is 10.7 Å². The smallest absolute Gasteiger partial charge is 0.347 e. The minimum Gasteiger partial charge on any atom is -0.477 e. The van der Waals surface area contributed by atoms with Gasteiger partial charge in [-0.1, -0.05) is 0 Å². The summed E-state index contributed by atoms with van der Waals surface area (Å²) in [7, 11) is 0. The quantitative estimate of drug-likeness (QED) is 0.786. The SMILES string of the molecule is O=C(O)c1cnc(/C=C/c2cnc3ccc(Br)cn23)s1. The number of imidazole rings is 1. The van der Waals surface area contributed by atoms with Gasteiger partial charge in [0.2, 0.25) is 0 Å². The van der Waals surface area contributed by atoms with Crippen LogP contribution < -0.4 is 0 Å². The van der Waals surface area contributed by atoms with Crippen molar-refractivity contribution in [2.45, 2.75) is 0 Å². The molecule has 5 nitrogen and oxygen atoms in total. The van der Waals surface area contributed by atoms with Crippen molar-refractivity contribution in [3.05, 3.63) is 50.8 Å². The van der Waals surface area contributed by atoms with Crippen LogP contribution in [-0.2, 0) is 0 Å². The van der Waals surface area contributed by atoms with Crippen molar-refractivity contribution in [1.29, 1.82) is 0 Å². The third-order valence-corrected chi connectivity index (χ3v) is 4.05. The zero-order valence-corrected chi connectivity index (χ0v) is 12.4. The number of thiazole rings is 1. The molecule has 3 aromatic rings. The van der Waals surface area contributed by atoms with Gasteiger partial charge in [-0.3, -0.25) is 4.40 Å². The Morgan fingerprint density at radius 3 is 2.90 bits per heavy atom. The molecule has 0 spiro atoms. The molecule has 0 aliphatic carbocycles. The van der Waals surface area contributed by atoms with E-state index >= 15 is 0 Å². The minimum atomic E-state index is -0.958. The number of halogens is 1. The molecule has 3 aromatic heterocycles. The van der Waals surface area contributed by atoms with Crippen molar-refractivity contribution in [1.82, 2.24) is 14.4 Å². The molecule has 1 N–H and O–H groups in total. The molecule has 0 aliphatic heterocycles. The third kappa shape index (κ3) is 2.50. The molecule has 0 amide bonds. The number of nitrogens with zero attached hydrogens (tertiary/aromatic N) is 3. The van der Waals surface area contributed by atoms with Crippen LogP contribution in [0, 0.1) is 0 Å². The van der Waals surface area contributed by atoms with Crippen LogP contribution >= 0.6 is 27.3 Å². The van der Waals surface area contributed by atoms with Crippen LogP contribution in [0.15, 0.2) is 35.2 Å². The van der Waals surface area contributed by atoms with Crippen LogP contribution in [0.3, 0.4) is 0 Å². The maximum absolute atomic E-state index is 10.8. The zero-order chi connectivity index (χ0) is 14.1. The summed E-state index contributed by atoms with van der Waals surface area (Å²) < 4.78 is 2.90. The molecule has 0 bridgehead atoms. The van der Waals surface area contributed by atoms with Gasteiger partial charge >= 0.3 is 5.97 Å². The van der Waals surface area contributed by atoms with Gasteiger partial charge in [-0.25, -0.2) is 14.8 Å². The Bertz CT molecular complexity index is 822. The lowest BCUT2D eigenvalue weighted by Crippen LogP contribution is -1.89. The van der Waals surface area contributed by atoms with Gasteiger partial charge in [-0.05, 0) is 40.2 Å². The second-order valence-corrected chi connectivity index (χ2v) is 5.94. The minimum absolute atomic E-state index is 0.227. The first kappa shape index (κ1) is 13.0. The first-order valence-electron chi connectivity index (χ1n) is 5.63. The molecule has 20 heavy (non-hydrogen) atoms. The van der Waals surface area contributed by atoms with Gasteiger partial charge in [0.15, 0.2) is 0 Å². The van der Waals surface area contributed by atoms with Gasteiger partial charge in [0.05, 0.1) is 18.1 Å².